The first-order chi connectivity index (χ1) is 15.6. The lowest BCUT2D eigenvalue weighted by Gasteiger charge is -2.26. The molecule has 0 unspecified atom stereocenters. The molecule has 1 fully saturated rings. The Labute approximate surface area is 183 Å². The van der Waals surface area contributed by atoms with E-state index in [2.05, 4.69) is 15.3 Å². The quantitative estimate of drug-likeness (QED) is 0.532. The largest absolute Gasteiger partial charge is 0.497 e. The van der Waals surface area contributed by atoms with Crippen molar-refractivity contribution in [2.24, 2.45) is 0 Å². The Bertz CT molecular complexity index is 1340. The number of ether oxygens (including phenoxy) is 2. The molecule has 2 aromatic carbocycles. The molecule has 1 aliphatic rings. The number of morpholine rings is 1. The van der Waals surface area contributed by atoms with Crippen molar-refractivity contribution in [3.05, 3.63) is 70.6 Å². The Morgan fingerprint density at radius 3 is 2.62 bits per heavy atom. The second kappa shape index (κ2) is 8.27. The third kappa shape index (κ3) is 3.74. The number of hydrogen-bond donors (Lipinski definition) is 1. The van der Waals surface area contributed by atoms with Crippen molar-refractivity contribution in [1.29, 1.82) is 0 Å². The number of rotatable bonds is 4. The molecule has 32 heavy (non-hydrogen) atoms. The number of amides is 1. The molecule has 1 amide bonds. The fourth-order valence-corrected chi connectivity index (χ4v) is 3.72. The van der Waals surface area contributed by atoms with E-state index in [4.69, 9.17) is 9.47 Å². The number of pyridine rings is 1. The van der Waals surface area contributed by atoms with Gasteiger partial charge < -0.3 is 19.4 Å². The maximum absolute atomic E-state index is 12.6. The predicted molar refractivity (Wildman–Crippen MR) is 118 cm³/mol. The van der Waals surface area contributed by atoms with E-state index < -0.39 is 0 Å². The third-order valence-corrected chi connectivity index (χ3v) is 5.50. The van der Waals surface area contributed by atoms with Crippen LogP contribution >= 0.6 is 0 Å². The van der Waals surface area contributed by atoms with E-state index in [0.717, 1.165) is 11.1 Å². The summed E-state index contributed by atoms with van der Waals surface area (Å²) in [6.07, 6.45) is 1.69. The molecular formula is C23H21N5O4. The van der Waals surface area contributed by atoms with E-state index in [0.29, 0.717) is 54.4 Å². The Balaban J connectivity index is 1.40. The number of carbonyl (C=O) groups excluding carboxylic acids is 1. The van der Waals surface area contributed by atoms with Crippen molar-refractivity contribution in [3.8, 4) is 22.7 Å². The maximum atomic E-state index is 12.6. The normalized spacial score (nSPS) is 14.0. The van der Waals surface area contributed by atoms with Crippen molar-refractivity contribution in [2.45, 2.75) is 0 Å². The zero-order chi connectivity index (χ0) is 22.1. The van der Waals surface area contributed by atoms with Crippen molar-refractivity contribution in [2.75, 3.05) is 33.4 Å². The van der Waals surface area contributed by atoms with Crippen LogP contribution in [-0.4, -0.2) is 64.2 Å². The molecule has 9 heteroatoms. The van der Waals surface area contributed by atoms with Crippen molar-refractivity contribution >= 4 is 16.8 Å². The molecule has 9 nitrogen and oxygen atoms in total. The molecule has 162 valence electrons. The number of methoxy groups -OCH3 is 1. The van der Waals surface area contributed by atoms with E-state index in [1.54, 1.807) is 47.2 Å². The van der Waals surface area contributed by atoms with Gasteiger partial charge in [0, 0.05) is 24.7 Å². The van der Waals surface area contributed by atoms with Gasteiger partial charge in [-0.2, -0.15) is 0 Å². The topological polar surface area (TPSA) is 102 Å². The Morgan fingerprint density at radius 1 is 1.09 bits per heavy atom. The lowest BCUT2D eigenvalue weighted by atomic mass is 10.1. The summed E-state index contributed by atoms with van der Waals surface area (Å²) in [6.45, 7) is 2.32. The van der Waals surface area contributed by atoms with Crippen LogP contribution in [0.5, 0.6) is 5.75 Å². The van der Waals surface area contributed by atoms with Crippen LogP contribution in [0.1, 0.15) is 10.4 Å². The summed E-state index contributed by atoms with van der Waals surface area (Å²) in [4.78, 5) is 29.9. The highest BCUT2D eigenvalue weighted by Gasteiger charge is 2.18. The first-order valence-electron chi connectivity index (χ1n) is 10.2. The van der Waals surface area contributed by atoms with Crippen molar-refractivity contribution < 1.29 is 14.3 Å². The summed E-state index contributed by atoms with van der Waals surface area (Å²) >= 11 is 0. The molecule has 0 atom stereocenters. The molecule has 0 saturated carbocycles. The first-order valence-corrected chi connectivity index (χ1v) is 10.2. The number of nitrogens with one attached hydrogen (secondary N) is 1. The van der Waals surface area contributed by atoms with Gasteiger partial charge in [0.15, 0.2) is 0 Å². The van der Waals surface area contributed by atoms with Gasteiger partial charge in [-0.05, 0) is 47.9 Å². The van der Waals surface area contributed by atoms with Crippen LogP contribution < -0.4 is 10.3 Å². The SMILES string of the molecule is COc1ccc2cc(-c3cn(-c4ccc(C(=O)N5CCOCC5)cc4)nn3)c(=O)[nH]c2c1. The second-order valence-electron chi connectivity index (χ2n) is 7.47. The van der Waals surface area contributed by atoms with Crippen LogP contribution in [-0.2, 0) is 4.74 Å². The van der Waals surface area contributed by atoms with Crippen molar-refractivity contribution in [3.63, 3.8) is 0 Å². The van der Waals surface area contributed by atoms with Gasteiger partial charge in [0.1, 0.15) is 11.4 Å². The van der Waals surface area contributed by atoms with E-state index in [1.165, 1.54) is 0 Å². The molecule has 0 spiro atoms. The van der Waals surface area contributed by atoms with Crippen LogP contribution in [0.3, 0.4) is 0 Å². The highest BCUT2D eigenvalue weighted by molar-refractivity contribution is 5.94. The molecule has 5 rings (SSSR count). The number of nitrogens with zero attached hydrogens (tertiary/aromatic N) is 4. The molecule has 1 N–H and O–H groups in total. The third-order valence-electron chi connectivity index (χ3n) is 5.50. The zero-order valence-corrected chi connectivity index (χ0v) is 17.4. The fraction of sp³-hybridized carbons (Fsp3) is 0.217. The smallest absolute Gasteiger partial charge is 0.258 e. The first kappa shape index (κ1) is 20.0. The van der Waals surface area contributed by atoms with Gasteiger partial charge in [0.2, 0.25) is 0 Å². The van der Waals surface area contributed by atoms with Gasteiger partial charge in [-0.1, -0.05) is 5.21 Å². The number of benzene rings is 2. The van der Waals surface area contributed by atoms with Crippen molar-refractivity contribution in [1.82, 2.24) is 24.9 Å². The highest BCUT2D eigenvalue weighted by atomic mass is 16.5. The van der Waals surface area contributed by atoms with Gasteiger partial charge in [-0.15, -0.1) is 5.10 Å². The molecule has 1 aliphatic heterocycles. The molecule has 4 aromatic rings. The van der Waals surface area contributed by atoms with Crippen LogP contribution in [0.25, 0.3) is 27.8 Å². The summed E-state index contributed by atoms with van der Waals surface area (Å²) in [5.41, 5.74) is 2.65. The average Bonchev–Trinajstić information content (AvgIpc) is 3.33. The highest BCUT2D eigenvalue weighted by Crippen LogP contribution is 2.22. The molecular weight excluding hydrogens is 410 g/mol. The minimum Gasteiger partial charge on any atom is -0.497 e. The predicted octanol–water partition coefficient (Wildman–Crippen LogP) is 2.26. The minimum absolute atomic E-state index is 0.0153. The molecule has 0 aliphatic carbocycles. The summed E-state index contributed by atoms with van der Waals surface area (Å²) in [6, 6.07) is 14.4. The van der Waals surface area contributed by atoms with Gasteiger partial charge in [0.05, 0.1) is 43.3 Å². The molecule has 0 bridgehead atoms. The van der Waals surface area contributed by atoms with E-state index in [9.17, 15) is 9.59 Å². The lowest BCUT2D eigenvalue weighted by Crippen LogP contribution is -2.40. The van der Waals surface area contributed by atoms with Gasteiger partial charge >= 0.3 is 0 Å². The van der Waals surface area contributed by atoms with Crippen LogP contribution in [0.2, 0.25) is 0 Å². The van der Waals surface area contributed by atoms with E-state index in [1.807, 2.05) is 24.3 Å². The lowest BCUT2D eigenvalue weighted by molar-refractivity contribution is 0.0303. The maximum Gasteiger partial charge on any atom is 0.258 e. The van der Waals surface area contributed by atoms with E-state index >= 15 is 0 Å². The monoisotopic (exact) mass is 431 g/mol. The van der Waals surface area contributed by atoms with Crippen LogP contribution in [0, 0.1) is 0 Å². The number of aromatic amines is 1. The Hall–Kier alpha value is -3.98. The summed E-state index contributed by atoms with van der Waals surface area (Å²) in [7, 11) is 1.58. The summed E-state index contributed by atoms with van der Waals surface area (Å²) in [5, 5.41) is 9.19. The molecule has 3 heterocycles. The average molecular weight is 431 g/mol. The summed E-state index contributed by atoms with van der Waals surface area (Å²) in [5.74, 6) is 0.654. The Kier molecular flexibility index (Phi) is 5.16. The standard InChI is InChI=1S/C23H21N5O4/c1-31-18-7-4-16-12-19(22(29)24-20(16)13-18)21-14-28(26-25-21)17-5-2-15(3-6-17)23(30)27-8-10-32-11-9-27/h2-7,12-14H,8-11H2,1H3,(H,24,29). The van der Waals surface area contributed by atoms with Gasteiger partial charge in [0.25, 0.3) is 11.5 Å². The van der Waals surface area contributed by atoms with Gasteiger partial charge in [-0.25, -0.2) is 4.68 Å². The van der Waals surface area contributed by atoms with Crippen LogP contribution in [0.4, 0.5) is 0 Å². The number of H-pyrrole nitrogens is 1. The molecule has 0 radical (unpaired) electrons. The number of hydrogen-bond acceptors (Lipinski definition) is 6. The number of carbonyl (C=O) groups is 1. The van der Waals surface area contributed by atoms with Gasteiger partial charge in [-0.3, -0.25) is 9.59 Å². The minimum atomic E-state index is -0.260. The summed E-state index contributed by atoms with van der Waals surface area (Å²) < 4.78 is 12.1. The number of fused-ring (bicyclic) bond motifs is 1. The zero-order valence-electron chi connectivity index (χ0n) is 17.4. The molecule has 2 aromatic heterocycles. The molecule has 1 saturated heterocycles. The van der Waals surface area contributed by atoms with Crippen LogP contribution in [0.15, 0.2) is 59.5 Å². The second-order valence-corrected chi connectivity index (χ2v) is 7.47. The fourth-order valence-electron chi connectivity index (χ4n) is 3.72. The van der Waals surface area contributed by atoms with E-state index in [-0.39, 0.29) is 11.5 Å². The number of aromatic nitrogens is 4. The Morgan fingerprint density at radius 2 is 1.88 bits per heavy atom.